The van der Waals surface area contributed by atoms with Gasteiger partial charge in [-0.2, -0.15) is 13.2 Å². The minimum atomic E-state index is -4.52. The molecule has 9 heteroatoms. The fourth-order valence-corrected chi connectivity index (χ4v) is 6.39. The molecule has 35 heavy (non-hydrogen) atoms. The number of halogens is 4. The van der Waals surface area contributed by atoms with Crippen LogP contribution in [0.4, 0.5) is 17.6 Å². The molecule has 1 aromatic heterocycles. The molecule has 5 rings (SSSR count). The Labute approximate surface area is 207 Å². The maximum absolute atomic E-state index is 14.6. The molecule has 0 spiro atoms. The first-order valence-corrected chi connectivity index (χ1v) is 12.8. The van der Waals surface area contributed by atoms with E-state index in [-0.39, 0.29) is 5.41 Å². The van der Waals surface area contributed by atoms with Crippen molar-refractivity contribution >= 4 is 17.6 Å². The Balaban J connectivity index is 1.13. The lowest BCUT2D eigenvalue weighted by Crippen LogP contribution is -2.30. The summed E-state index contributed by atoms with van der Waals surface area (Å²) >= 11 is 1.80. The number of benzene rings is 1. The first-order valence-electron chi connectivity index (χ1n) is 11.8. The second-order valence-electron chi connectivity index (χ2n) is 9.59. The van der Waals surface area contributed by atoms with Crippen LogP contribution in [0.1, 0.15) is 35.2 Å². The Hall–Kier alpha value is -2.39. The summed E-state index contributed by atoms with van der Waals surface area (Å²) < 4.78 is 53.3. The van der Waals surface area contributed by atoms with Crippen LogP contribution in [0.5, 0.6) is 0 Å². The zero-order valence-corrected chi connectivity index (χ0v) is 20.6. The van der Waals surface area contributed by atoms with Crippen molar-refractivity contribution < 1.29 is 17.6 Å². The average Bonchev–Trinajstić information content (AvgIpc) is 3.38. The first kappa shape index (κ1) is 24.3. The van der Waals surface area contributed by atoms with Crippen LogP contribution in [-0.4, -0.2) is 59.6 Å². The van der Waals surface area contributed by atoms with Gasteiger partial charge in [0, 0.05) is 48.8 Å². The third-order valence-electron chi connectivity index (χ3n) is 7.32. The number of aliphatic imine (C=N–C) groups is 1. The molecule has 4 nitrogen and oxygen atoms in total. The summed E-state index contributed by atoms with van der Waals surface area (Å²) in [6.07, 6.45) is 1.23. The van der Waals surface area contributed by atoms with Crippen LogP contribution in [-0.2, 0) is 11.6 Å². The van der Waals surface area contributed by atoms with E-state index in [1.807, 2.05) is 26.1 Å². The Kier molecular flexibility index (Phi) is 6.42. The van der Waals surface area contributed by atoms with Crippen molar-refractivity contribution in [1.82, 2.24) is 14.8 Å². The lowest BCUT2D eigenvalue weighted by atomic mass is 9.93. The summed E-state index contributed by atoms with van der Waals surface area (Å²) in [6, 6.07) is 6.98. The summed E-state index contributed by atoms with van der Waals surface area (Å²) in [5, 5.41) is 1.17. The third kappa shape index (κ3) is 4.72. The van der Waals surface area contributed by atoms with Crippen molar-refractivity contribution in [1.29, 1.82) is 0 Å². The Bertz CT molecular complexity index is 1180. The molecule has 3 aliphatic rings. The maximum atomic E-state index is 14.6. The van der Waals surface area contributed by atoms with E-state index in [9.17, 15) is 17.6 Å². The number of piperidine rings is 1. The van der Waals surface area contributed by atoms with Gasteiger partial charge < -0.3 is 9.80 Å². The zero-order valence-electron chi connectivity index (χ0n) is 19.8. The maximum Gasteiger partial charge on any atom is 0.416 e. The minimum Gasteiger partial charge on any atom is -0.324 e. The van der Waals surface area contributed by atoms with Crippen LogP contribution in [0.25, 0.3) is 0 Å². The van der Waals surface area contributed by atoms with Crippen molar-refractivity contribution in [3.8, 4) is 0 Å². The number of aromatic nitrogens is 1. The van der Waals surface area contributed by atoms with E-state index in [1.165, 1.54) is 11.1 Å². The molecule has 0 bridgehead atoms. The highest BCUT2D eigenvalue weighted by Crippen LogP contribution is 2.59. The molecule has 1 aromatic carbocycles. The normalized spacial score (nSPS) is 24.3. The lowest BCUT2D eigenvalue weighted by Gasteiger charge is -2.28. The van der Waals surface area contributed by atoms with Gasteiger partial charge >= 0.3 is 6.18 Å². The predicted octanol–water partition coefficient (Wildman–Crippen LogP) is 5.48. The molecule has 0 unspecified atom stereocenters. The number of thioether (sulfide) groups is 1. The number of amidine groups is 1. The number of alkyl halides is 3. The van der Waals surface area contributed by atoms with Gasteiger partial charge in [0.1, 0.15) is 11.7 Å². The number of nitrogens with zero attached hydrogens (tertiary/aromatic N) is 4. The number of likely N-dealkylation sites (tertiary alicyclic amines) is 1. The van der Waals surface area contributed by atoms with Gasteiger partial charge in [0.2, 0.25) is 0 Å². The SMILES string of the molecule is Cc1ncccc1C1=NCC=C(SCCCN2C[C@@H]3C[C@]3(c3ccc(C(F)(F)F)cc3F)C2)N1C. The molecule has 1 saturated heterocycles. The van der Waals surface area contributed by atoms with E-state index >= 15 is 0 Å². The number of aryl methyl sites for hydroxylation is 1. The van der Waals surface area contributed by atoms with Gasteiger partial charge in [0.25, 0.3) is 0 Å². The number of hydrogen-bond acceptors (Lipinski definition) is 5. The molecular formula is C26H28F4N4S. The molecule has 2 aromatic rings. The van der Waals surface area contributed by atoms with Crippen molar-refractivity contribution in [2.45, 2.75) is 31.4 Å². The summed E-state index contributed by atoms with van der Waals surface area (Å²) in [7, 11) is 2.03. The molecule has 1 saturated carbocycles. The van der Waals surface area contributed by atoms with Crippen LogP contribution in [0.2, 0.25) is 0 Å². The van der Waals surface area contributed by atoms with E-state index in [0.29, 0.717) is 30.6 Å². The highest BCUT2D eigenvalue weighted by molar-refractivity contribution is 8.03. The fourth-order valence-electron chi connectivity index (χ4n) is 5.43. The van der Waals surface area contributed by atoms with Crippen LogP contribution in [0, 0.1) is 18.7 Å². The molecule has 3 heterocycles. The van der Waals surface area contributed by atoms with Crippen LogP contribution in [0.3, 0.4) is 0 Å². The van der Waals surface area contributed by atoms with Gasteiger partial charge in [-0.05, 0) is 68.1 Å². The molecule has 186 valence electrons. The van der Waals surface area contributed by atoms with E-state index in [2.05, 4.69) is 25.9 Å². The van der Waals surface area contributed by atoms with Gasteiger partial charge in [0.05, 0.1) is 17.1 Å². The Morgan fingerprint density at radius 1 is 1.23 bits per heavy atom. The topological polar surface area (TPSA) is 31.7 Å². The minimum absolute atomic E-state index is 0.319. The monoisotopic (exact) mass is 504 g/mol. The van der Waals surface area contributed by atoms with E-state index < -0.39 is 17.6 Å². The second-order valence-corrected chi connectivity index (χ2v) is 10.7. The fraction of sp³-hybridized carbons (Fsp3) is 0.462. The largest absolute Gasteiger partial charge is 0.416 e. The molecule has 1 aliphatic carbocycles. The molecular weight excluding hydrogens is 476 g/mol. The Morgan fingerprint density at radius 2 is 2.06 bits per heavy atom. The van der Waals surface area contributed by atoms with Crippen molar-refractivity contribution in [3.63, 3.8) is 0 Å². The van der Waals surface area contributed by atoms with Crippen molar-refractivity contribution in [2.24, 2.45) is 10.9 Å². The molecule has 2 aliphatic heterocycles. The van der Waals surface area contributed by atoms with Crippen LogP contribution < -0.4 is 0 Å². The third-order valence-corrected chi connectivity index (χ3v) is 8.55. The summed E-state index contributed by atoms with van der Waals surface area (Å²) in [5.74, 6) is 1.47. The van der Waals surface area contributed by atoms with Crippen molar-refractivity contribution in [2.75, 3.05) is 39.0 Å². The molecule has 0 radical (unpaired) electrons. The van der Waals surface area contributed by atoms with E-state index in [1.54, 1.807) is 18.0 Å². The Morgan fingerprint density at radius 3 is 2.80 bits per heavy atom. The summed E-state index contributed by atoms with van der Waals surface area (Å²) in [6.45, 7) is 5.12. The number of hydrogen-bond donors (Lipinski definition) is 0. The van der Waals surface area contributed by atoms with E-state index in [4.69, 9.17) is 0 Å². The lowest BCUT2D eigenvalue weighted by molar-refractivity contribution is -0.137. The van der Waals surface area contributed by atoms with Gasteiger partial charge in [-0.3, -0.25) is 9.98 Å². The van der Waals surface area contributed by atoms with Crippen LogP contribution in [0.15, 0.2) is 52.6 Å². The molecule has 0 N–H and O–H groups in total. The zero-order chi connectivity index (χ0) is 24.8. The summed E-state index contributed by atoms with van der Waals surface area (Å²) in [4.78, 5) is 13.5. The average molecular weight is 505 g/mol. The number of pyridine rings is 1. The molecule has 2 fully saturated rings. The smallest absolute Gasteiger partial charge is 0.324 e. The van der Waals surface area contributed by atoms with Gasteiger partial charge in [0.15, 0.2) is 0 Å². The number of rotatable bonds is 7. The summed E-state index contributed by atoms with van der Waals surface area (Å²) in [5.41, 5.74) is 1.20. The van der Waals surface area contributed by atoms with Gasteiger partial charge in [-0.15, -0.1) is 11.8 Å². The second kappa shape index (κ2) is 9.24. The standard InChI is InChI=1S/C26H28F4N4S/c1-17-20(5-3-9-31-17)24-32-10-8-23(33(24)2)35-12-4-11-34-15-19-14-25(19,16-34)21-7-6-18(13-22(21)27)26(28,29)30/h3,5-9,13,19H,4,10-12,14-16H2,1-2H3/t19-,25-/m0/s1. The van der Waals surface area contributed by atoms with Gasteiger partial charge in [-0.25, -0.2) is 4.39 Å². The van der Waals surface area contributed by atoms with E-state index in [0.717, 1.165) is 54.8 Å². The van der Waals surface area contributed by atoms with Crippen LogP contribution >= 0.6 is 11.8 Å². The highest BCUT2D eigenvalue weighted by Gasteiger charge is 2.61. The predicted molar refractivity (Wildman–Crippen MR) is 131 cm³/mol. The van der Waals surface area contributed by atoms with Gasteiger partial charge in [-0.1, -0.05) is 6.07 Å². The number of fused-ring (bicyclic) bond motifs is 1. The molecule has 0 amide bonds. The molecule has 2 atom stereocenters. The quantitative estimate of drug-likeness (QED) is 0.369. The first-order chi connectivity index (χ1) is 16.7. The highest BCUT2D eigenvalue weighted by atomic mass is 32.2. The van der Waals surface area contributed by atoms with Crippen molar-refractivity contribution in [3.05, 3.63) is 75.8 Å².